The normalized spacial score (nSPS) is 16.6. The van der Waals surface area contributed by atoms with Gasteiger partial charge in [0.1, 0.15) is 6.04 Å². The molecule has 1 aliphatic rings. The zero-order chi connectivity index (χ0) is 24.3. The average Bonchev–Trinajstić information content (AvgIpc) is 3.01. The van der Waals surface area contributed by atoms with Crippen molar-refractivity contribution in [2.45, 2.75) is 65.8 Å². The van der Waals surface area contributed by atoms with E-state index in [-0.39, 0.29) is 29.6 Å². The van der Waals surface area contributed by atoms with Crippen LogP contribution in [0.1, 0.15) is 64.5 Å². The van der Waals surface area contributed by atoms with Crippen LogP contribution < -0.4 is 4.90 Å². The van der Waals surface area contributed by atoms with Gasteiger partial charge in [0, 0.05) is 18.0 Å². The largest absolute Gasteiger partial charge is 0.330 e. The lowest BCUT2D eigenvalue weighted by atomic mass is 9.91. The van der Waals surface area contributed by atoms with Gasteiger partial charge in [-0.3, -0.25) is 14.4 Å². The lowest BCUT2D eigenvalue weighted by Crippen LogP contribution is -2.47. The zero-order valence-electron chi connectivity index (χ0n) is 20.1. The van der Waals surface area contributed by atoms with Crippen molar-refractivity contribution in [1.29, 1.82) is 0 Å². The number of carbonyl (C=O) groups is 3. The molecule has 1 aliphatic heterocycles. The number of imide groups is 1. The van der Waals surface area contributed by atoms with Gasteiger partial charge in [-0.05, 0) is 53.1 Å². The van der Waals surface area contributed by atoms with E-state index in [2.05, 4.69) is 13.8 Å². The Labute approximate surface area is 201 Å². The fraction of sp³-hybridized carbons (Fsp3) is 0.444. The average molecular weight is 469 g/mol. The monoisotopic (exact) mass is 468 g/mol. The second-order valence-electron chi connectivity index (χ2n) is 10.2. The van der Waals surface area contributed by atoms with Gasteiger partial charge in [-0.2, -0.15) is 0 Å². The standard InChI is InChI=1S/C27H33ClN2O3/c1-18(2)20-9-11-22(12-10-20)30-24(31)16-23(26(30)33)29(25(32)17-27(3,4)5)14-13-19-7-6-8-21(28)15-19/h6-12,15,18,23H,13-14,16-17H2,1-5H3. The summed E-state index contributed by atoms with van der Waals surface area (Å²) >= 11 is 6.11. The molecule has 0 radical (unpaired) electrons. The molecule has 1 saturated heterocycles. The minimum absolute atomic E-state index is 0.00378. The van der Waals surface area contributed by atoms with E-state index in [0.29, 0.717) is 36.0 Å². The van der Waals surface area contributed by atoms with E-state index in [1.807, 2.05) is 51.1 Å². The molecule has 1 heterocycles. The Morgan fingerprint density at radius 3 is 2.36 bits per heavy atom. The minimum Gasteiger partial charge on any atom is -0.330 e. The molecule has 0 aliphatic carbocycles. The number of hydrogen-bond acceptors (Lipinski definition) is 3. The highest BCUT2D eigenvalue weighted by Crippen LogP contribution is 2.29. The van der Waals surface area contributed by atoms with Crippen LogP contribution in [0, 0.1) is 5.41 Å². The van der Waals surface area contributed by atoms with Gasteiger partial charge in [-0.1, -0.05) is 70.5 Å². The van der Waals surface area contributed by atoms with E-state index in [4.69, 9.17) is 11.6 Å². The summed E-state index contributed by atoms with van der Waals surface area (Å²) in [6.45, 7) is 10.5. The molecule has 2 aromatic carbocycles. The van der Waals surface area contributed by atoms with Crippen molar-refractivity contribution in [3.63, 3.8) is 0 Å². The Kier molecular flexibility index (Phi) is 7.63. The van der Waals surface area contributed by atoms with Crippen LogP contribution in [-0.4, -0.2) is 35.2 Å². The molecule has 33 heavy (non-hydrogen) atoms. The number of nitrogens with zero attached hydrogens (tertiary/aromatic N) is 2. The Balaban J connectivity index is 1.85. The van der Waals surface area contributed by atoms with Gasteiger partial charge in [0.15, 0.2) is 0 Å². The predicted molar refractivity (Wildman–Crippen MR) is 132 cm³/mol. The molecule has 3 rings (SSSR count). The highest BCUT2D eigenvalue weighted by Gasteiger charge is 2.44. The van der Waals surface area contributed by atoms with Crippen molar-refractivity contribution >= 4 is 35.0 Å². The molecule has 0 bridgehead atoms. The Morgan fingerprint density at radius 2 is 1.79 bits per heavy atom. The maximum absolute atomic E-state index is 13.4. The Hall–Kier alpha value is -2.66. The van der Waals surface area contributed by atoms with E-state index in [1.165, 1.54) is 4.90 Å². The maximum atomic E-state index is 13.4. The molecule has 5 nitrogen and oxygen atoms in total. The first-order chi connectivity index (χ1) is 15.5. The summed E-state index contributed by atoms with van der Waals surface area (Å²) < 4.78 is 0. The molecule has 0 saturated carbocycles. The van der Waals surface area contributed by atoms with Gasteiger partial charge >= 0.3 is 0 Å². The summed E-state index contributed by atoms with van der Waals surface area (Å²) in [7, 11) is 0. The summed E-state index contributed by atoms with van der Waals surface area (Å²) in [5.74, 6) is -0.384. The van der Waals surface area contributed by atoms with Crippen molar-refractivity contribution in [2.24, 2.45) is 5.41 Å². The molecule has 2 aromatic rings. The number of amides is 3. The molecule has 0 N–H and O–H groups in total. The number of anilines is 1. The van der Waals surface area contributed by atoms with E-state index in [9.17, 15) is 14.4 Å². The van der Waals surface area contributed by atoms with Gasteiger partial charge in [0.05, 0.1) is 12.1 Å². The molecule has 0 spiro atoms. The molecule has 1 fully saturated rings. The van der Waals surface area contributed by atoms with Crippen molar-refractivity contribution in [1.82, 2.24) is 4.90 Å². The summed E-state index contributed by atoms with van der Waals surface area (Å²) in [6, 6.07) is 14.2. The van der Waals surface area contributed by atoms with Crippen LogP contribution in [0.15, 0.2) is 48.5 Å². The first-order valence-corrected chi connectivity index (χ1v) is 11.8. The molecule has 176 valence electrons. The smallest absolute Gasteiger partial charge is 0.257 e. The van der Waals surface area contributed by atoms with Crippen LogP contribution in [0.25, 0.3) is 0 Å². The van der Waals surface area contributed by atoms with E-state index in [0.717, 1.165) is 11.1 Å². The number of carbonyl (C=O) groups excluding carboxylic acids is 3. The second kappa shape index (κ2) is 10.1. The number of halogens is 1. The van der Waals surface area contributed by atoms with Crippen molar-refractivity contribution in [3.05, 3.63) is 64.7 Å². The van der Waals surface area contributed by atoms with Crippen LogP contribution in [0.5, 0.6) is 0 Å². The van der Waals surface area contributed by atoms with Crippen LogP contribution in [-0.2, 0) is 20.8 Å². The van der Waals surface area contributed by atoms with Crippen LogP contribution in [0.3, 0.4) is 0 Å². The van der Waals surface area contributed by atoms with Crippen LogP contribution in [0.4, 0.5) is 5.69 Å². The Morgan fingerprint density at radius 1 is 1.12 bits per heavy atom. The van der Waals surface area contributed by atoms with Crippen molar-refractivity contribution in [2.75, 3.05) is 11.4 Å². The van der Waals surface area contributed by atoms with Gasteiger partial charge < -0.3 is 4.90 Å². The Bertz CT molecular complexity index is 1020. The van der Waals surface area contributed by atoms with Gasteiger partial charge in [0.25, 0.3) is 5.91 Å². The highest BCUT2D eigenvalue weighted by molar-refractivity contribution is 6.30. The molecule has 6 heteroatoms. The van der Waals surface area contributed by atoms with Crippen LogP contribution in [0.2, 0.25) is 5.02 Å². The maximum Gasteiger partial charge on any atom is 0.257 e. The third-order valence-electron chi connectivity index (χ3n) is 5.85. The third-order valence-corrected chi connectivity index (χ3v) is 6.08. The van der Waals surface area contributed by atoms with Gasteiger partial charge in [-0.25, -0.2) is 4.90 Å². The first-order valence-electron chi connectivity index (χ1n) is 11.5. The lowest BCUT2D eigenvalue weighted by Gasteiger charge is -2.30. The van der Waals surface area contributed by atoms with Gasteiger partial charge in [0.2, 0.25) is 11.8 Å². The minimum atomic E-state index is -0.795. The van der Waals surface area contributed by atoms with Gasteiger partial charge in [-0.15, -0.1) is 0 Å². The molecule has 1 unspecified atom stereocenters. The van der Waals surface area contributed by atoms with E-state index in [1.54, 1.807) is 23.1 Å². The SMILES string of the molecule is CC(C)c1ccc(N2C(=O)CC(N(CCc3cccc(Cl)c3)C(=O)CC(C)(C)C)C2=O)cc1. The molecule has 1 atom stereocenters. The zero-order valence-corrected chi connectivity index (χ0v) is 20.9. The summed E-state index contributed by atoms with van der Waals surface area (Å²) in [6.07, 6.45) is 0.845. The lowest BCUT2D eigenvalue weighted by molar-refractivity contribution is -0.139. The predicted octanol–water partition coefficient (Wildman–Crippen LogP) is 5.60. The topological polar surface area (TPSA) is 57.7 Å². The molecule has 0 aromatic heterocycles. The fourth-order valence-corrected chi connectivity index (χ4v) is 4.30. The summed E-state index contributed by atoms with van der Waals surface area (Å²) in [5, 5.41) is 0.628. The molecular weight excluding hydrogens is 436 g/mol. The third kappa shape index (κ3) is 6.23. The fourth-order valence-electron chi connectivity index (χ4n) is 4.09. The van der Waals surface area contributed by atoms with Crippen molar-refractivity contribution < 1.29 is 14.4 Å². The van der Waals surface area contributed by atoms with Crippen molar-refractivity contribution in [3.8, 4) is 0 Å². The first kappa shape index (κ1) is 25.0. The molecular formula is C27H33ClN2O3. The second-order valence-corrected chi connectivity index (χ2v) is 10.7. The number of benzene rings is 2. The summed E-state index contributed by atoms with van der Waals surface area (Å²) in [4.78, 5) is 42.4. The quantitative estimate of drug-likeness (QED) is 0.497. The molecule has 3 amide bonds. The van der Waals surface area contributed by atoms with E-state index >= 15 is 0 Å². The highest BCUT2D eigenvalue weighted by atomic mass is 35.5. The van der Waals surface area contributed by atoms with Crippen LogP contribution >= 0.6 is 11.6 Å². The number of hydrogen-bond donors (Lipinski definition) is 0. The van der Waals surface area contributed by atoms with E-state index < -0.39 is 6.04 Å². The number of rotatable bonds is 7. The summed E-state index contributed by atoms with van der Waals surface area (Å²) in [5.41, 5.74) is 2.44.